The van der Waals surface area contributed by atoms with Crippen LogP contribution in [0.3, 0.4) is 0 Å². The first-order valence-corrected chi connectivity index (χ1v) is 8.06. The van der Waals surface area contributed by atoms with Crippen molar-refractivity contribution in [2.45, 2.75) is 22.5 Å². The lowest BCUT2D eigenvalue weighted by molar-refractivity contribution is -0.142. The fourth-order valence-corrected chi connectivity index (χ4v) is 4.81. The van der Waals surface area contributed by atoms with Crippen LogP contribution in [0, 0.1) is 0 Å². The monoisotopic (exact) mass is 338 g/mol. The lowest BCUT2D eigenvalue weighted by Gasteiger charge is -2.32. The molecule has 0 spiro atoms. The first kappa shape index (κ1) is 15.6. The summed E-state index contributed by atoms with van der Waals surface area (Å²) >= 11 is 11.7. The molecule has 5 nitrogen and oxygen atoms in total. The van der Waals surface area contributed by atoms with Gasteiger partial charge in [-0.1, -0.05) is 23.2 Å². The third-order valence-electron chi connectivity index (χ3n) is 3.39. The molecule has 0 aromatic heterocycles. The average Bonchev–Trinajstić information content (AvgIpc) is 2.41. The molecule has 0 amide bonds. The number of sulfone groups is 1. The summed E-state index contributed by atoms with van der Waals surface area (Å²) < 4.78 is 28.6. The number of rotatable bonds is 3. The van der Waals surface area contributed by atoms with Crippen molar-refractivity contribution in [2.75, 3.05) is 13.2 Å². The summed E-state index contributed by atoms with van der Waals surface area (Å²) in [5.41, 5.74) is 0. The Labute approximate surface area is 126 Å². The molecular weight excluding hydrogens is 327 g/mol. The third kappa shape index (κ3) is 2.41. The second kappa shape index (κ2) is 5.52. The Morgan fingerprint density at radius 3 is 2.40 bits per heavy atom. The third-order valence-corrected chi connectivity index (χ3v) is 6.59. The summed E-state index contributed by atoms with van der Waals surface area (Å²) in [5.74, 6) is -1.39. The zero-order valence-corrected chi connectivity index (χ0v) is 12.6. The van der Waals surface area contributed by atoms with Crippen LogP contribution in [0.4, 0.5) is 0 Å². The van der Waals surface area contributed by atoms with E-state index in [0.717, 1.165) is 0 Å². The molecule has 0 saturated carbocycles. The van der Waals surface area contributed by atoms with Gasteiger partial charge >= 0.3 is 5.97 Å². The fraction of sp³-hybridized carbons (Fsp3) is 0.417. The van der Waals surface area contributed by atoms with Gasteiger partial charge in [0.05, 0.1) is 9.92 Å². The molecular formula is C12H12Cl2O5S. The SMILES string of the molecule is O=C(O)C1(S(=O)(=O)c2cc(Cl)ccc2Cl)CCOCC1. The van der Waals surface area contributed by atoms with Crippen molar-refractivity contribution in [3.05, 3.63) is 28.2 Å². The molecule has 1 aliphatic rings. The number of hydrogen-bond acceptors (Lipinski definition) is 4. The minimum Gasteiger partial charge on any atom is -0.480 e. The molecule has 1 heterocycles. The summed E-state index contributed by atoms with van der Waals surface area (Å²) in [6.07, 6.45) is -0.235. The van der Waals surface area contributed by atoms with Gasteiger partial charge in [0.2, 0.25) is 0 Å². The number of carboxylic acid groups (broad SMARTS) is 1. The van der Waals surface area contributed by atoms with Crippen LogP contribution in [0.5, 0.6) is 0 Å². The van der Waals surface area contributed by atoms with Crippen LogP contribution in [0.25, 0.3) is 0 Å². The van der Waals surface area contributed by atoms with Crippen molar-refractivity contribution in [1.82, 2.24) is 0 Å². The van der Waals surface area contributed by atoms with Crippen molar-refractivity contribution < 1.29 is 23.1 Å². The summed E-state index contributed by atoms with van der Waals surface area (Å²) in [6.45, 7) is 0.146. The van der Waals surface area contributed by atoms with E-state index < -0.39 is 20.6 Å². The highest BCUT2D eigenvalue weighted by molar-refractivity contribution is 7.93. The molecule has 0 radical (unpaired) electrons. The molecule has 1 aliphatic heterocycles. The Balaban J connectivity index is 2.62. The van der Waals surface area contributed by atoms with Gasteiger partial charge in [-0.15, -0.1) is 0 Å². The lowest BCUT2D eigenvalue weighted by atomic mass is 9.99. The highest BCUT2D eigenvalue weighted by Gasteiger charge is 2.53. The maximum Gasteiger partial charge on any atom is 0.325 e. The Morgan fingerprint density at radius 2 is 1.85 bits per heavy atom. The highest BCUT2D eigenvalue weighted by Crippen LogP contribution is 2.38. The molecule has 20 heavy (non-hydrogen) atoms. The van der Waals surface area contributed by atoms with Crippen LogP contribution in [0.1, 0.15) is 12.8 Å². The number of ether oxygens (including phenoxy) is 1. The molecule has 1 aromatic carbocycles. The first-order valence-electron chi connectivity index (χ1n) is 5.82. The molecule has 0 bridgehead atoms. The number of carbonyl (C=O) groups is 1. The molecule has 1 fully saturated rings. The van der Waals surface area contributed by atoms with Crippen molar-refractivity contribution in [2.24, 2.45) is 0 Å². The zero-order chi connectivity index (χ0) is 15.0. The number of carboxylic acids is 1. The van der Waals surface area contributed by atoms with E-state index in [-0.39, 0.29) is 41.0 Å². The van der Waals surface area contributed by atoms with Crippen molar-refractivity contribution in [3.8, 4) is 0 Å². The maximum atomic E-state index is 12.7. The number of aliphatic carboxylic acids is 1. The molecule has 0 unspecified atom stereocenters. The minimum absolute atomic E-state index is 0.0403. The molecule has 0 atom stereocenters. The van der Waals surface area contributed by atoms with Crippen molar-refractivity contribution in [3.63, 3.8) is 0 Å². The summed E-state index contributed by atoms with van der Waals surface area (Å²) in [6, 6.07) is 3.96. The summed E-state index contributed by atoms with van der Waals surface area (Å²) in [7, 11) is -4.17. The minimum atomic E-state index is -4.17. The standard InChI is InChI=1S/C12H12Cl2O5S/c13-8-1-2-9(14)10(7-8)20(17,18)12(11(15)16)3-5-19-6-4-12/h1-2,7H,3-6H2,(H,15,16). The normalized spacial score (nSPS) is 18.7. The number of halogens is 2. The smallest absolute Gasteiger partial charge is 0.325 e. The van der Waals surface area contributed by atoms with Gasteiger partial charge in [0.15, 0.2) is 14.6 Å². The van der Waals surface area contributed by atoms with Crippen LogP contribution in [0.2, 0.25) is 10.0 Å². The van der Waals surface area contributed by atoms with E-state index in [9.17, 15) is 18.3 Å². The molecule has 8 heteroatoms. The zero-order valence-electron chi connectivity index (χ0n) is 10.3. The van der Waals surface area contributed by atoms with Crippen LogP contribution >= 0.6 is 23.2 Å². The van der Waals surface area contributed by atoms with E-state index in [1.807, 2.05) is 0 Å². The molecule has 1 saturated heterocycles. The fourth-order valence-electron chi connectivity index (χ4n) is 2.19. The lowest BCUT2D eigenvalue weighted by Crippen LogP contribution is -2.50. The number of hydrogen-bond donors (Lipinski definition) is 1. The Morgan fingerprint density at radius 1 is 1.25 bits per heavy atom. The van der Waals surface area contributed by atoms with Crippen LogP contribution in [0.15, 0.2) is 23.1 Å². The van der Waals surface area contributed by atoms with Gasteiger partial charge in [-0.2, -0.15) is 0 Å². The van der Waals surface area contributed by atoms with E-state index in [1.165, 1.54) is 18.2 Å². The molecule has 2 rings (SSSR count). The Bertz CT molecular complexity index is 635. The highest BCUT2D eigenvalue weighted by atomic mass is 35.5. The van der Waals surface area contributed by atoms with Crippen LogP contribution in [-0.4, -0.2) is 37.5 Å². The van der Waals surface area contributed by atoms with Crippen LogP contribution in [-0.2, 0) is 19.4 Å². The molecule has 1 N–H and O–H groups in total. The van der Waals surface area contributed by atoms with Gasteiger partial charge < -0.3 is 9.84 Å². The van der Waals surface area contributed by atoms with Gasteiger partial charge in [-0.25, -0.2) is 8.42 Å². The Kier molecular flexibility index (Phi) is 4.30. The summed E-state index contributed by atoms with van der Waals surface area (Å²) in [4.78, 5) is 11.3. The van der Waals surface area contributed by atoms with Gasteiger partial charge in [-0.05, 0) is 18.2 Å². The second-order valence-corrected chi connectivity index (χ2v) is 7.56. The van der Waals surface area contributed by atoms with Gasteiger partial charge in [0.1, 0.15) is 0 Å². The van der Waals surface area contributed by atoms with Gasteiger partial charge in [0.25, 0.3) is 0 Å². The first-order chi connectivity index (χ1) is 9.31. The van der Waals surface area contributed by atoms with Gasteiger partial charge in [-0.3, -0.25) is 4.79 Å². The van der Waals surface area contributed by atoms with E-state index >= 15 is 0 Å². The topological polar surface area (TPSA) is 80.7 Å². The van der Waals surface area contributed by atoms with E-state index in [4.69, 9.17) is 27.9 Å². The van der Waals surface area contributed by atoms with E-state index in [2.05, 4.69) is 0 Å². The average molecular weight is 339 g/mol. The second-order valence-electron chi connectivity index (χ2n) is 4.49. The van der Waals surface area contributed by atoms with E-state index in [0.29, 0.717) is 0 Å². The Hall–Kier alpha value is -0.820. The summed E-state index contributed by atoms with van der Waals surface area (Å²) in [5, 5.41) is 9.58. The predicted octanol–water partition coefficient (Wildman–Crippen LogP) is 2.40. The molecule has 110 valence electrons. The van der Waals surface area contributed by atoms with Crippen molar-refractivity contribution in [1.29, 1.82) is 0 Å². The van der Waals surface area contributed by atoms with E-state index in [1.54, 1.807) is 0 Å². The molecule has 0 aliphatic carbocycles. The van der Waals surface area contributed by atoms with Crippen molar-refractivity contribution >= 4 is 39.0 Å². The predicted molar refractivity (Wildman–Crippen MR) is 74.1 cm³/mol. The van der Waals surface area contributed by atoms with Crippen LogP contribution < -0.4 is 0 Å². The quantitative estimate of drug-likeness (QED) is 0.915. The largest absolute Gasteiger partial charge is 0.480 e. The maximum absolute atomic E-state index is 12.7. The molecule has 1 aromatic rings. The number of benzene rings is 1. The van der Waals surface area contributed by atoms with Gasteiger partial charge in [0, 0.05) is 31.1 Å².